The third-order valence-corrected chi connectivity index (χ3v) is 12.5. The standard InChI is InChI=1S/C46H46BNOS/c1-44(2,3)31-14-18-34(19-15-31)48-37-23-30(29-13-11-27-10-12-28(27)22-29)24-39-41(37)47(36-26-33(46(7,8)9)16-20-38(36)49-39)43-42(48)35-25-32(45(4,5)6)17-21-40(35)50-43/h11,13-26H,10,12H2,1-9H3. The van der Waals surface area contributed by atoms with E-state index in [2.05, 4.69) is 158 Å². The number of anilines is 3. The molecule has 0 unspecified atom stereocenters. The number of nitrogens with zero attached hydrogens (tertiary/aromatic N) is 1. The monoisotopic (exact) mass is 671 g/mol. The Morgan fingerprint density at radius 3 is 1.92 bits per heavy atom. The first-order valence-corrected chi connectivity index (χ1v) is 19.1. The summed E-state index contributed by atoms with van der Waals surface area (Å²) in [6, 6.07) is 35.2. The fraction of sp³-hybridized carbons (Fsp3) is 0.304. The molecule has 0 saturated heterocycles. The molecule has 50 heavy (non-hydrogen) atoms. The summed E-state index contributed by atoms with van der Waals surface area (Å²) in [5, 5.41) is 1.33. The minimum absolute atomic E-state index is 0.0248. The third kappa shape index (κ3) is 4.89. The van der Waals surface area contributed by atoms with Crippen molar-refractivity contribution in [3.63, 3.8) is 0 Å². The van der Waals surface area contributed by atoms with Gasteiger partial charge in [0, 0.05) is 26.2 Å². The van der Waals surface area contributed by atoms with Gasteiger partial charge in [0.05, 0.1) is 5.69 Å². The maximum Gasteiger partial charge on any atom is 0.268 e. The minimum Gasteiger partial charge on any atom is -0.458 e. The molecule has 1 aliphatic carbocycles. The quantitative estimate of drug-likeness (QED) is 0.170. The zero-order chi connectivity index (χ0) is 34.9. The Kier molecular flexibility index (Phi) is 6.73. The first-order valence-electron chi connectivity index (χ1n) is 18.3. The molecule has 3 aliphatic rings. The zero-order valence-electron chi connectivity index (χ0n) is 30.9. The van der Waals surface area contributed by atoms with E-state index in [1.54, 1.807) is 0 Å². The van der Waals surface area contributed by atoms with Crippen molar-refractivity contribution in [2.45, 2.75) is 91.4 Å². The number of rotatable bonds is 2. The molecule has 0 N–H and O–H groups in total. The number of benzene rings is 5. The van der Waals surface area contributed by atoms with Gasteiger partial charge in [0.25, 0.3) is 6.71 Å². The van der Waals surface area contributed by atoms with Gasteiger partial charge in [-0.15, -0.1) is 11.3 Å². The van der Waals surface area contributed by atoms with E-state index in [0.29, 0.717) is 0 Å². The van der Waals surface area contributed by atoms with Crippen LogP contribution in [0.3, 0.4) is 0 Å². The van der Waals surface area contributed by atoms with E-state index in [9.17, 15) is 0 Å². The van der Waals surface area contributed by atoms with E-state index in [1.165, 1.54) is 88.2 Å². The van der Waals surface area contributed by atoms with Crippen LogP contribution in [0.1, 0.15) is 90.1 Å². The molecule has 250 valence electrons. The van der Waals surface area contributed by atoms with Gasteiger partial charge in [0.15, 0.2) is 0 Å². The van der Waals surface area contributed by atoms with Gasteiger partial charge < -0.3 is 9.64 Å². The second kappa shape index (κ2) is 10.6. The smallest absolute Gasteiger partial charge is 0.268 e. The number of thiophene rings is 1. The normalized spacial score (nSPS) is 14.8. The molecule has 0 spiro atoms. The summed E-state index contributed by atoms with van der Waals surface area (Å²) in [4.78, 5) is 2.56. The maximum atomic E-state index is 7.00. The Balaban J connectivity index is 1.37. The van der Waals surface area contributed by atoms with Crippen molar-refractivity contribution in [1.82, 2.24) is 0 Å². The van der Waals surface area contributed by atoms with Crippen LogP contribution < -0.4 is 25.3 Å². The highest BCUT2D eigenvalue weighted by atomic mass is 32.1. The van der Waals surface area contributed by atoms with Crippen LogP contribution in [0.5, 0.6) is 11.5 Å². The first-order chi connectivity index (χ1) is 23.6. The SMILES string of the molecule is CC(C)(C)c1ccc(N2c3cc(-c4ccc5c(c4)CC5)cc4c3B(c3cc(C(C)(C)C)ccc3O4)c3sc4ccc(C(C)(C)C)cc4c32)cc1. The van der Waals surface area contributed by atoms with Crippen LogP contribution in [0, 0.1) is 0 Å². The number of hydrogen-bond acceptors (Lipinski definition) is 3. The summed E-state index contributed by atoms with van der Waals surface area (Å²) in [5.41, 5.74) is 15.8. The molecule has 2 aliphatic heterocycles. The van der Waals surface area contributed by atoms with E-state index in [4.69, 9.17) is 4.74 Å². The van der Waals surface area contributed by atoms with Crippen LogP contribution in [-0.2, 0) is 29.1 Å². The van der Waals surface area contributed by atoms with E-state index >= 15 is 0 Å². The van der Waals surface area contributed by atoms with Crippen LogP contribution in [-0.4, -0.2) is 6.71 Å². The summed E-state index contributed by atoms with van der Waals surface area (Å²) in [6.45, 7) is 20.8. The zero-order valence-corrected chi connectivity index (χ0v) is 31.7. The summed E-state index contributed by atoms with van der Waals surface area (Å²) in [6.07, 6.45) is 2.35. The Hall–Kier alpha value is -4.28. The topological polar surface area (TPSA) is 12.5 Å². The lowest BCUT2D eigenvalue weighted by Gasteiger charge is -2.39. The lowest BCUT2D eigenvalue weighted by molar-refractivity contribution is 0.486. The van der Waals surface area contributed by atoms with Crippen molar-refractivity contribution in [2.24, 2.45) is 0 Å². The van der Waals surface area contributed by atoms with Gasteiger partial charge in [-0.25, -0.2) is 0 Å². The van der Waals surface area contributed by atoms with Crippen LogP contribution in [0.4, 0.5) is 17.1 Å². The molecule has 9 rings (SSSR count). The summed E-state index contributed by atoms with van der Waals surface area (Å²) in [7, 11) is 0. The molecule has 4 heteroatoms. The van der Waals surface area contributed by atoms with E-state index in [-0.39, 0.29) is 23.0 Å². The van der Waals surface area contributed by atoms with Crippen molar-refractivity contribution >= 4 is 60.9 Å². The average molecular weight is 672 g/mol. The van der Waals surface area contributed by atoms with Crippen molar-refractivity contribution in [1.29, 1.82) is 0 Å². The summed E-state index contributed by atoms with van der Waals surface area (Å²) in [5.74, 6) is 1.94. The van der Waals surface area contributed by atoms with Gasteiger partial charge in [-0.2, -0.15) is 0 Å². The van der Waals surface area contributed by atoms with Crippen molar-refractivity contribution in [3.05, 3.63) is 119 Å². The average Bonchev–Trinajstić information content (AvgIpc) is 3.42. The molecule has 0 fully saturated rings. The molecule has 0 bridgehead atoms. The molecule has 6 aromatic rings. The predicted octanol–water partition coefficient (Wildman–Crippen LogP) is 11.0. The van der Waals surface area contributed by atoms with Gasteiger partial charge in [0.2, 0.25) is 0 Å². The summed E-state index contributed by atoms with van der Waals surface area (Å²) >= 11 is 1.96. The Morgan fingerprint density at radius 2 is 1.26 bits per heavy atom. The number of ether oxygens (including phenoxy) is 1. The molecule has 2 nitrogen and oxygen atoms in total. The van der Waals surface area contributed by atoms with Crippen molar-refractivity contribution in [3.8, 4) is 22.6 Å². The number of hydrogen-bond donors (Lipinski definition) is 0. The minimum atomic E-state index is 0.0248. The van der Waals surface area contributed by atoms with Crippen LogP contribution in [0.25, 0.3) is 21.2 Å². The fourth-order valence-electron chi connectivity index (χ4n) is 8.09. The Bertz CT molecular complexity index is 2360. The molecule has 1 aromatic heterocycles. The largest absolute Gasteiger partial charge is 0.458 e. The molecular weight excluding hydrogens is 625 g/mol. The fourth-order valence-corrected chi connectivity index (χ4v) is 9.39. The third-order valence-electron chi connectivity index (χ3n) is 11.3. The number of aryl methyl sites for hydroxylation is 2. The molecule has 5 aromatic carbocycles. The van der Waals surface area contributed by atoms with Gasteiger partial charge in [-0.05, 0) is 121 Å². The van der Waals surface area contributed by atoms with Crippen LogP contribution >= 0.6 is 11.3 Å². The number of fused-ring (bicyclic) bond motifs is 7. The first kappa shape index (κ1) is 31.7. The second-order valence-electron chi connectivity index (χ2n) is 17.8. The van der Waals surface area contributed by atoms with Gasteiger partial charge in [0.1, 0.15) is 11.5 Å². The van der Waals surface area contributed by atoms with Gasteiger partial charge in [-0.3, -0.25) is 0 Å². The van der Waals surface area contributed by atoms with E-state index in [0.717, 1.165) is 17.9 Å². The van der Waals surface area contributed by atoms with E-state index in [1.807, 2.05) is 11.3 Å². The maximum absolute atomic E-state index is 7.00. The van der Waals surface area contributed by atoms with Crippen molar-refractivity contribution in [2.75, 3.05) is 4.90 Å². The van der Waals surface area contributed by atoms with Gasteiger partial charge >= 0.3 is 0 Å². The predicted molar refractivity (Wildman–Crippen MR) is 217 cm³/mol. The second-order valence-corrected chi connectivity index (χ2v) is 18.9. The van der Waals surface area contributed by atoms with Crippen molar-refractivity contribution < 1.29 is 4.74 Å². The Morgan fingerprint density at radius 1 is 0.600 bits per heavy atom. The molecule has 0 amide bonds. The lowest BCUT2D eigenvalue weighted by atomic mass is 9.36. The molecular formula is C46H46BNOS. The molecule has 0 radical (unpaired) electrons. The molecule has 0 atom stereocenters. The van der Waals surface area contributed by atoms with E-state index < -0.39 is 0 Å². The highest BCUT2D eigenvalue weighted by molar-refractivity contribution is 7.33. The highest BCUT2D eigenvalue weighted by Gasteiger charge is 2.45. The van der Waals surface area contributed by atoms with Crippen LogP contribution in [0.15, 0.2) is 91.0 Å². The van der Waals surface area contributed by atoms with Crippen LogP contribution in [0.2, 0.25) is 0 Å². The summed E-state index contributed by atoms with van der Waals surface area (Å²) < 4.78 is 9.72. The highest BCUT2D eigenvalue weighted by Crippen LogP contribution is 2.48. The molecule has 3 heterocycles. The Labute approximate surface area is 302 Å². The van der Waals surface area contributed by atoms with Gasteiger partial charge in [-0.1, -0.05) is 111 Å². The lowest BCUT2D eigenvalue weighted by Crippen LogP contribution is -2.58. The molecule has 0 saturated carbocycles.